The Bertz CT molecular complexity index is 649. The summed E-state index contributed by atoms with van der Waals surface area (Å²) in [6.45, 7) is 3.84. The highest BCUT2D eigenvalue weighted by Gasteiger charge is 2.36. The van der Waals surface area contributed by atoms with Crippen LogP contribution in [0.15, 0.2) is 18.2 Å². The molecule has 5 nitrogen and oxygen atoms in total. The number of benzene rings is 1. The molecule has 148 valence electrons. The number of fused-ring (bicyclic) bond motifs is 1. The monoisotopic (exact) mass is 372 g/mol. The van der Waals surface area contributed by atoms with Gasteiger partial charge in [-0.2, -0.15) is 0 Å². The van der Waals surface area contributed by atoms with Gasteiger partial charge in [0.25, 0.3) is 0 Å². The predicted molar refractivity (Wildman–Crippen MR) is 105 cm³/mol. The minimum Gasteiger partial charge on any atom is -0.493 e. The maximum atomic E-state index is 12.7. The van der Waals surface area contributed by atoms with Gasteiger partial charge in [-0.3, -0.25) is 4.79 Å². The van der Waals surface area contributed by atoms with Crippen molar-refractivity contribution in [1.29, 1.82) is 0 Å². The second kappa shape index (κ2) is 8.61. The number of hydrogen-bond acceptors (Lipinski definition) is 4. The molecule has 4 rings (SSSR count). The van der Waals surface area contributed by atoms with Crippen molar-refractivity contribution < 1.29 is 14.6 Å². The topological polar surface area (TPSA) is 61.8 Å². The van der Waals surface area contributed by atoms with Gasteiger partial charge in [0, 0.05) is 19.4 Å². The highest BCUT2D eigenvalue weighted by molar-refractivity contribution is 5.76. The van der Waals surface area contributed by atoms with Gasteiger partial charge < -0.3 is 20.1 Å². The quantitative estimate of drug-likeness (QED) is 0.806. The number of carbonyl (C=O) groups is 1. The highest BCUT2D eigenvalue weighted by atomic mass is 16.5. The van der Waals surface area contributed by atoms with Crippen LogP contribution >= 0.6 is 0 Å². The van der Waals surface area contributed by atoms with E-state index in [4.69, 9.17) is 4.74 Å². The average Bonchev–Trinajstić information content (AvgIpc) is 2.96. The molecule has 0 unspecified atom stereocenters. The van der Waals surface area contributed by atoms with Crippen molar-refractivity contribution in [1.82, 2.24) is 10.2 Å². The van der Waals surface area contributed by atoms with Crippen molar-refractivity contribution in [2.75, 3.05) is 26.2 Å². The number of nitrogens with zero attached hydrogens (tertiary/aromatic N) is 1. The lowest BCUT2D eigenvalue weighted by Gasteiger charge is -2.38. The molecule has 0 aromatic heterocycles. The Morgan fingerprint density at radius 1 is 1.22 bits per heavy atom. The molecule has 2 heterocycles. The molecule has 3 aliphatic rings. The van der Waals surface area contributed by atoms with Crippen molar-refractivity contribution in [3.63, 3.8) is 0 Å². The first kappa shape index (κ1) is 18.8. The molecule has 0 bridgehead atoms. The molecule has 1 atom stereocenters. The molecular formula is C22H32N2O3. The Hall–Kier alpha value is -1.59. The summed E-state index contributed by atoms with van der Waals surface area (Å²) in [6.07, 6.45) is 7.95. The zero-order valence-corrected chi connectivity index (χ0v) is 16.2. The van der Waals surface area contributed by atoms with Crippen LogP contribution in [0.25, 0.3) is 0 Å². The number of rotatable bonds is 6. The number of aliphatic hydroxyl groups excluding tert-OH is 1. The second-order valence-corrected chi connectivity index (χ2v) is 8.40. The molecule has 1 amide bonds. The minimum atomic E-state index is -0.218. The van der Waals surface area contributed by atoms with Crippen LogP contribution in [0.3, 0.4) is 0 Å². The molecule has 1 aliphatic carbocycles. The summed E-state index contributed by atoms with van der Waals surface area (Å²) in [5.74, 6) is 1.42. The van der Waals surface area contributed by atoms with Gasteiger partial charge in [0.05, 0.1) is 18.8 Å². The Labute approximate surface area is 162 Å². The summed E-state index contributed by atoms with van der Waals surface area (Å²) in [7, 11) is 0. The van der Waals surface area contributed by atoms with Crippen molar-refractivity contribution in [2.45, 2.75) is 63.5 Å². The van der Waals surface area contributed by atoms with Gasteiger partial charge in [-0.25, -0.2) is 0 Å². The fraction of sp³-hybridized carbons (Fsp3) is 0.682. The van der Waals surface area contributed by atoms with Crippen LogP contribution in [-0.4, -0.2) is 48.3 Å². The summed E-state index contributed by atoms with van der Waals surface area (Å²) >= 11 is 0. The van der Waals surface area contributed by atoms with Crippen LogP contribution in [0.4, 0.5) is 0 Å². The van der Waals surface area contributed by atoms with E-state index in [1.165, 1.54) is 31.2 Å². The molecule has 0 radical (unpaired) electrons. The number of carbonyl (C=O) groups excluding carboxylic acids is 1. The third kappa shape index (κ3) is 4.64. The van der Waals surface area contributed by atoms with E-state index in [0.29, 0.717) is 12.3 Å². The molecule has 5 heteroatoms. The molecule has 27 heavy (non-hydrogen) atoms. The molecule has 1 saturated heterocycles. The van der Waals surface area contributed by atoms with Crippen molar-refractivity contribution in [3.05, 3.63) is 29.3 Å². The summed E-state index contributed by atoms with van der Waals surface area (Å²) in [5, 5.41) is 13.0. The third-order valence-corrected chi connectivity index (χ3v) is 6.36. The first-order chi connectivity index (χ1) is 13.2. The molecule has 2 N–H and O–H groups in total. The van der Waals surface area contributed by atoms with Crippen LogP contribution in [0, 0.1) is 5.92 Å². The fourth-order valence-electron chi connectivity index (χ4n) is 4.64. The van der Waals surface area contributed by atoms with Crippen LogP contribution < -0.4 is 10.1 Å². The third-order valence-electron chi connectivity index (χ3n) is 6.36. The molecule has 1 aromatic rings. The predicted octanol–water partition coefficient (Wildman–Crippen LogP) is 2.82. The number of likely N-dealkylation sites (tertiary alicyclic amines) is 1. The lowest BCUT2D eigenvalue weighted by molar-refractivity contribution is -0.123. The first-order valence-electron chi connectivity index (χ1n) is 10.6. The van der Waals surface area contributed by atoms with Crippen molar-refractivity contribution >= 4 is 5.91 Å². The molecule has 2 aliphatic heterocycles. The first-order valence-corrected chi connectivity index (χ1v) is 10.6. The number of ether oxygens (including phenoxy) is 1. The maximum Gasteiger partial charge on any atom is 0.221 e. The van der Waals surface area contributed by atoms with E-state index in [0.717, 1.165) is 56.8 Å². The Kier molecular flexibility index (Phi) is 5.98. The zero-order chi connectivity index (χ0) is 18.6. The van der Waals surface area contributed by atoms with E-state index < -0.39 is 0 Å². The van der Waals surface area contributed by atoms with Gasteiger partial charge in [-0.1, -0.05) is 18.9 Å². The Morgan fingerprint density at radius 3 is 2.74 bits per heavy atom. The van der Waals surface area contributed by atoms with Gasteiger partial charge in [-0.15, -0.1) is 0 Å². The molecule has 0 spiro atoms. The fourth-order valence-corrected chi connectivity index (χ4v) is 4.64. The highest BCUT2D eigenvalue weighted by Crippen LogP contribution is 2.39. The van der Waals surface area contributed by atoms with Gasteiger partial charge in [0.15, 0.2) is 0 Å². The Morgan fingerprint density at radius 2 is 2.00 bits per heavy atom. The summed E-state index contributed by atoms with van der Waals surface area (Å²) in [5.41, 5.74) is 2.38. The average molecular weight is 373 g/mol. The Balaban J connectivity index is 1.38. The lowest BCUT2D eigenvalue weighted by Crippen LogP contribution is -2.42. The van der Waals surface area contributed by atoms with E-state index in [1.54, 1.807) is 0 Å². The molecule has 1 aromatic carbocycles. The van der Waals surface area contributed by atoms with Gasteiger partial charge in [0.2, 0.25) is 5.91 Å². The maximum absolute atomic E-state index is 12.7. The van der Waals surface area contributed by atoms with Crippen LogP contribution in [0.1, 0.15) is 62.1 Å². The van der Waals surface area contributed by atoms with E-state index in [9.17, 15) is 9.90 Å². The van der Waals surface area contributed by atoms with Crippen molar-refractivity contribution in [2.24, 2.45) is 5.92 Å². The molecular weight excluding hydrogens is 340 g/mol. The number of hydrogen-bond donors (Lipinski definition) is 2. The van der Waals surface area contributed by atoms with E-state index >= 15 is 0 Å². The minimum absolute atomic E-state index is 0.00377. The lowest BCUT2D eigenvalue weighted by atomic mass is 9.75. The number of nitrogens with one attached hydrogen (secondary N) is 1. The summed E-state index contributed by atoms with van der Waals surface area (Å²) in [6, 6.07) is 6.29. The molecule has 2 fully saturated rings. The summed E-state index contributed by atoms with van der Waals surface area (Å²) in [4.78, 5) is 15.1. The number of aliphatic hydroxyl groups is 1. The van der Waals surface area contributed by atoms with Crippen LogP contribution in [0.2, 0.25) is 0 Å². The standard InChI is InChI=1S/C22H32N2O3/c25-19-14-18(15-19)22(17-5-6-20-16(13-17)8-12-27-20)23-21(26)7-11-24-9-3-1-2-4-10-24/h5-6,13,18-19,22,25H,1-4,7-12,14-15H2,(H,23,26)/t18?,19?,22-/m0/s1. The van der Waals surface area contributed by atoms with Gasteiger partial charge in [-0.05, 0) is 68.0 Å². The zero-order valence-electron chi connectivity index (χ0n) is 16.2. The van der Waals surface area contributed by atoms with E-state index in [1.807, 2.05) is 6.07 Å². The van der Waals surface area contributed by atoms with Crippen LogP contribution in [0.5, 0.6) is 5.75 Å². The normalized spacial score (nSPS) is 26.4. The van der Waals surface area contributed by atoms with E-state index in [2.05, 4.69) is 22.3 Å². The SMILES string of the molecule is O=C(CCN1CCCCCC1)N[C@@H](c1ccc2c(c1)CCO2)C1CC(O)C1. The van der Waals surface area contributed by atoms with Gasteiger partial charge >= 0.3 is 0 Å². The molecule has 1 saturated carbocycles. The summed E-state index contributed by atoms with van der Waals surface area (Å²) < 4.78 is 5.62. The second-order valence-electron chi connectivity index (χ2n) is 8.40. The van der Waals surface area contributed by atoms with Gasteiger partial charge in [0.1, 0.15) is 5.75 Å². The van der Waals surface area contributed by atoms with Crippen LogP contribution in [-0.2, 0) is 11.2 Å². The largest absolute Gasteiger partial charge is 0.493 e. The van der Waals surface area contributed by atoms with Crippen molar-refractivity contribution in [3.8, 4) is 5.75 Å². The van der Waals surface area contributed by atoms with E-state index in [-0.39, 0.29) is 18.1 Å². The number of amides is 1. The smallest absolute Gasteiger partial charge is 0.221 e.